The van der Waals surface area contributed by atoms with E-state index in [2.05, 4.69) is 54.7 Å². The van der Waals surface area contributed by atoms with Gasteiger partial charge < -0.3 is 9.73 Å². The van der Waals surface area contributed by atoms with Crippen molar-refractivity contribution < 1.29 is 4.42 Å². The summed E-state index contributed by atoms with van der Waals surface area (Å²) >= 11 is 0. The normalized spacial score (nSPS) is 11.1. The second-order valence-corrected chi connectivity index (χ2v) is 5.33. The van der Waals surface area contributed by atoms with Crippen LogP contribution in [0.25, 0.3) is 22.1 Å². The Labute approximate surface area is 125 Å². The van der Waals surface area contributed by atoms with Crippen LogP contribution >= 0.6 is 0 Å². The average molecular weight is 279 g/mol. The molecule has 0 aliphatic rings. The summed E-state index contributed by atoms with van der Waals surface area (Å²) in [4.78, 5) is 0. The molecule has 2 heteroatoms. The predicted molar refractivity (Wildman–Crippen MR) is 88.4 cm³/mol. The summed E-state index contributed by atoms with van der Waals surface area (Å²) in [5.74, 6) is 1.07. The van der Waals surface area contributed by atoms with Gasteiger partial charge in [0.2, 0.25) is 0 Å². The van der Waals surface area contributed by atoms with E-state index in [1.54, 1.807) is 0 Å². The summed E-state index contributed by atoms with van der Waals surface area (Å²) in [6.07, 6.45) is 2.18. The van der Waals surface area contributed by atoms with Gasteiger partial charge in [0.15, 0.2) is 0 Å². The molecule has 3 aromatic rings. The summed E-state index contributed by atoms with van der Waals surface area (Å²) in [5, 5.41) is 4.46. The van der Waals surface area contributed by atoms with Gasteiger partial charge in [0, 0.05) is 16.5 Å². The van der Waals surface area contributed by atoms with Crippen molar-refractivity contribution in [3.8, 4) is 11.1 Å². The van der Waals surface area contributed by atoms with Crippen LogP contribution in [0.2, 0.25) is 0 Å². The molecule has 0 saturated carbocycles. The second-order valence-electron chi connectivity index (χ2n) is 5.33. The van der Waals surface area contributed by atoms with Crippen LogP contribution in [-0.4, -0.2) is 7.05 Å². The molecule has 1 aromatic heterocycles. The Morgan fingerprint density at radius 2 is 1.81 bits per heavy atom. The van der Waals surface area contributed by atoms with Crippen molar-refractivity contribution in [1.82, 2.24) is 5.32 Å². The van der Waals surface area contributed by atoms with Crippen molar-refractivity contribution in [3.05, 3.63) is 59.9 Å². The molecule has 0 saturated heterocycles. The highest BCUT2D eigenvalue weighted by Gasteiger charge is 2.16. The molecule has 2 nitrogen and oxygen atoms in total. The van der Waals surface area contributed by atoms with Crippen LogP contribution in [0.5, 0.6) is 0 Å². The summed E-state index contributed by atoms with van der Waals surface area (Å²) in [5.41, 5.74) is 4.74. The SMILES string of the molecule is CCCc1c(CNC)oc2c(-c3ccccc3)cccc12. The molecule has 0 amide bonds. The van der Waals surface area contributed by atoms with Crippen LogP contribution in [-0.2, 0) is 13.0 Å². The van der Waals surface area contributed by atoms with E-state index in [1.807, 2.05) is 13.1 Å². The largest absolute Gasteiger partial charge is 0.459 e. The first-order valence-electron chi connectivity index (χ1n) is 7.58. The standard InChI is InChI=1S/C19H21NO/c1-3-8-16-17-12-7-11-15(14-9-5-4-6-10-14)19(17)21-18(16)13-20-2/h4-7,9-12,20H,3,8,13H2,1-2H3. The predicted octanol–water partition coefficient (Wildman–Crippen LogP) is 4.77. The molecule has 0 aliphatic heterocycles. The van der Waals surface area contributed by atoms with Crippen molar-refractivity contribution in [1.29, 1.82) is 0 Å². The average Bonchev–Trinajstić information content (AvgIpc) is 2.87. The monoisotopic (exact) mass is 279 g/mol. The molecule has 0 fully saturated rings. The van der Waals surface area contributed by atoms with Crippen LogP contribution in [0.15, 0.2) is 52.9 Å². The van der Waals surface area contributed by atoms with E-state index >= 15 is 0 Å². The number of nitrogens with one attached hydrogen (secondary N) is 1. The Bertz CT molecular complexity index is 728. The van der Waals surface area contributed by atoms with Gasteiger partial charge in [-0.05, 0) is 19.0 Å². The van der Waals surface area contributed by atoms with Gasteiger partial charge in [-0.1, -0.05) is 61.9 Å². The molecule has 3 rings (SSSR count). The zero-order valence-electron chi connectivity index (χ0n) is 12.6. The highest BCUT2D eigenvalue weighted by atomic mass is 16.3. The van der Waals surface area contributed by atoms with Crippen LogP contribution in [0.4, 0.5) is 0 Å². The number of para-hydroxylation sites is 1. The summed E-state index contributed by atoms with van der Waals surface area (Å²) in [7, 11) is 1.96. The summed E-state index contributed by atoms with van der Waals surface area (Å²) in [6.45, 7) is 2.99. The van der Waals surface area contributed by atoms with Gasteiger partial charge in [-0.15, -0.1) is 0 Å². The maximum Gasteiger partial charge on any atom is 0.142 e. The Hall–Kier alpha value is -2.06. The first kappa shape index (κ1) is 13.9. The second kappa shape index (κ2) is 6.15. The van der Waals surface area contributed by atoms with E-state index in [0.717, 1.165) is 30.7 Å². The first-order valence-corrected chi connectivity index (χ1v) is 7.58. The fraction of sp³-hybridized carbons (Fsp3) is 0.263. The molecule has 2 aromatic carbocycles. The third-order valence-corrected chi connectivity index (χ3v) is 3.82. The zero-order chi connectivity index (χ0) is 14.7. The van der Waals surface area contributed by atoms with Crippen LogP contribution in [0, 0.1) is 0 Å². The van der Waals surface area contributed by atoms with E-state index in [9.17, 15) is 0 Å². The quantitative estimate of drug-likeness (QED) is 0.727. The minimum atomic E-state index is 0.776. The Morgan fingerprint density at radius 3 is 2.52 bits per heavy atom. The van der Waals surface area contributed by atoms with Crippen molar-refractivity contribution in [2.24, 2.45) is 0 Å². The van der Waals surface area contributed by atoms with Gasteiger partial charge in [-0.25, -0.2) is 0 Å². The number of hydrogen-bond acceptors (Lipinski definition) is 2. The molecule has 0 unspecified atom stereocenters. The molecule has 0 radical (unpaired) electrons. The highest BCUT2D eigenvalue weighted by molar-refractivity contribution is 5.95. The highest BCUT2D eigenvalue weighted by Crippen LogP contribution is 2.34. The lowest BCUT2D eigenvalue weighted by molar-refractivity contribution is 0.524. The molecule has 21 heavy (non-hydrogen) atoms. The molecule has 0 spiro atoms. The molecule has 0 bridgehead atoms. The van der Waals surface area contributed by atoms with Crippen LogP contribution in [0.3, 0.4) is 0 Å². The lowest BCUT2D eigenvalue weighted by Crippen LogP contribution is -2.05. The van der Waals surface area contributed by atoms with E-state index in [4.69, 9.17) is 4.42 Å². The number of benzene rings is 2. The maximum atomic E-state index is 6.22. The van der Waals surface area contributed by atoms with Crippen LogP contribution < -0.4 is 5.32 Å². The Balaban J connectivity index is 2.22. The molecular formula is C19H21NO. The summed E-state index contributed by atoms with van der Waals surface area (Å²) in [6, 6.07) is 16.9. The third-order valence-electron chi connectivity index (χ3n) is 3.82. The molecule has 108 valence electrons. The molecule has 0 atom stereocenters. The van der Waals surface area contributed by atoms with E-state index in [-0.39, 0.29) is 0 Å². The van der Waals surface area contributed by atoms with Gasteiger partial charge in [0.1, 0.15) is 11.3 Å². The minimum absolute atomic E-state index is 0.776. The number of fused-ring (bicyclic) bond motifs is 1. The van der Waals surface area contributed by atoms with E-state index in [0.29, 0.717) is 0 Å². The van der Waals surface area contributed by atoms with Crippen LogP contribution in [0.1, 0.15) is 24.7 Å². The number of furan rings is 1. The topological polar surface area (TPSA) is 25.2 Å². The summed E-state index contributed by atoms with van der Waals surface area (Å²) < 4.78 is 6.22. The molecular weight excluding hydrogens is 258 g/mol. The minimum Gasteiger partial charge on any atom is -0.459 e. The van der Waals surface area contributed by atoms with Crippen molar-refractivity contribution >= 4 is 11.0 Å². The fourth-order valence-corrected chi connectivity index (χ4v) is 2.89. The smallest absolute Gasteiger partial charge is 0.142 e. The van der Waals surface area contributed by atoms with E-state index < -0.39 is 0 Å². The zero-order valence-corrected chi connectivity index (χ0v) is 12.6. The van der Waals surface area contributed by atoms with Gasteiger partial charge >= 0.3 is 0 Å². The van der Waals surface area contributed by atoms with Gasteiger partial charge in [-0.2, -0.15) is 0 Å². The van der Waals surface area contributed by atoms with Crippen molar-refractivity contribution in [2.75, 3.05) is 7.05 Å². The van der Waals surface area contributed by atoms with Gasteiger partial charge in [0.05, 0.1) is 6.54 Å². The Morgan fingerprint density at radius 1 is 1.00 bits per heavy atom. The first-order chi connectivity index (χ1) is 10.3. The maximum absolute atomic E-state index is 6.22. The van der Waals surface area contributed by atoms with E-state index in [1.165, 1.54) is 22.1 Å². The lowest BCUT2D eigenvalue weighted by atomic mass is 10.00. The number of hydrogen-bond donors (Lipinski definition) is 1. The fourth-order valence-electron chi connectivity index (χ4n) is 2.89. The number of aryl methyl sites for hydroxylation is 1. The van der Waals surface area contributed by atoms with Crippen molar-refractivity contribution in [2.45, 2.75) is 26.3 Å². The third kappa shape index (κ3) is 2.59. The van der Waals surface area contributed by atoms with Gasteiger partial charge in [-0.3, -0.25) is 0 Å². The molecule has 0 aliphatic carbocycles. The van der Waals surface area contributed by atoms with Crippen molar-refractivity contribution in [3.63, 3.8) is 0 Å². The number of rotatable bonds is 5. The van der Waals surface area contributed by atoms with Gasteiger partial charge in [0.25, 0.3) is 0 Å². The lowest BCUT2D eigenvalue weighted by Gasteiger charge is -2.02. The molecule has 1 N–H and O–H groups in total. The Kier molecular flexibility index (Phi) is 4.07. The molecule has 1 heterocycles.